The number of pyridine rings is 1. The van der Waals surface area contributed by atoms with Crippen molar-refractivity contribution in [2.45, 2.75) is 33.5 Å². The summed E-state index contributed by atoms with van der Waals surface area (Å²) in [5.41, 5.74) is 5.89. The summed E-state index contributed by atoms with van der Waals surface area (Å²) in [4.78, 5) is 4.30. The van der Waals surface area contributed by atoms with Gasteiger partial charge >= 0.3 is 0 Å². The molecule has 0 saturated heterocycles. The lowest BCUT2D eigenvalue weighted by atomic mass is 10.1. The van der Waals surface area contributed by atoms with Crippen molar-refractivity contribution in [2.24, 2.45) is 0 Å². The lowest BCUT2D eigenvalue weighted by Gasteiger charge is -2.14. The van der Waals surface area contributed by atoms with E-state index >= 15 is 0 Å². The maximum atomic E-state index is 5.99. The molecule has 3 aromatic rings. The van der Waals surface area contributed by atoms with Gasteiger partial charge in [-0.1, -0.05) is 18.2 Å². The second-order valence-corrected chi connectivity index (χ2v) is 6.68. The van der Waals surface area contributed by atoms with Gasteiger partial charge in [0, 0.05) is 19.3 Å². The first-order valence-corrected chi connectivity index (χ1v) is 9.01. The van der Waals surface area contributed by atoms with E-state index in [4.69, 9.17) is 4.74 Å². The van der Waals surface area contributed by atoms with Crippen LogP contribution in [0, 0.1) is 13.8 Å². The minimum atomic E-state index is 0.498. The van der Waals surface area contributed by atoms with Crippen LogP contribution in [0.15, 0.2) is 53.4 Å². The first kappa shape index (κ1) is 16.7. The van der Waals surface area contributed by atoms with Gasteiger partial charge in [0.25, 0.3) is 0 Å². The minimum absolute atomic E-state index is 0.498. The topological polar surface area (TPSA) is 34.1 Å². The highest BCUT2D eigenvalue weighted by Gasteiger charge is 2.07. The number of aromatic nitrogens is 1. The maximum absolute atomic E-state index is 5.99. The van der Waals surface area contributed by atoms with Gasteiger partial charge in [-0.05, 0) is 65.1 Å². The quantitative estimate of drug-likeness (QED) is 0.682. The Balaban J connectivity index is 1.60. The van der Waals surface area contributed by atoms with Crippen molar-refractivity contribution in [3.8, 4) is 5.75 Å². The SMILES string of the molecule is Cc1cc(CNCc2ccsc2)cc(C)c1OCc1ccccn1. The Morgan fingerprint density at radius 3 is 2.50 bits per heavy atom. The third kappa shape index (κ3) is 4.43. The number of nitrogens with one attached hydrogen (secondary N) is 1. The van der Waals surface area contributed by atoms with Crippen molar-refractivity contribution in [2.75, 3.05) is 0 Å². The summed E-state index contributed by atoms with van der Waals surface area (Å²) in [6, 6.07) is 12.4. The molecule has 0 aliphatic heterocycles. The summed E-state index contributed by atoms with van der Waals surface area (Å²) < 4.78 is 5.99. The van der Waals surface area contributed by atoms with Crippen LogP contribution in [0.3, 0.4) is 0 Å². The molecule has 1 N–H and O–H groups in total. The van der Waals surface area contributed by atoms with Crippen molar-refractivity contribution >= 4 is 11.3 Å². The van der Waals surface area contributed by atoms with Crippen LogP contribution in [0.25, 0.3) is 0 Å². The van der Waals surface area contributed by atoms with Crippen LogP contribution in [0.4, 0.5) is 0 Å². The van der Waals surface area contributed by atoms with Crippen LogP contribution in [-0.2, 0) is 19.7 Å². The minimum Gasteiger partial charge on any atom is -0.487 e. The Hall–Kier alpha value is -2.17. The van der Waals surface area contributed by atoms with E-state index in [9.17, 15) is 0 Å². The first-order chi connectivity index (χ1) is 11.7. The van der Waals surface area contributed by atoms with E-state index in [1.165, 1.54) is 22.3 Å². The van der Waals surface area contributed by atoms with E-state index in [-0.39, 0.29) is 0 Å². The first-order valence-electron chi connectivity index (χ1n) is 8.07. The molecule has 0 aliphatic rings. The fourth-order valence-electron chi connectivity index (χ4n) is 2.74. The Kier molecular flexibility index (Phi) is 5.62. The van der Waals surface area contributed by atoms with Crippen LogP contribution >= 0.6 is 11.3 Å². The molecule has 1 aromatic carbocycles. The summed E-state index contributed by atoms with van der Waals surface area (Å²) in [7, 11) is 0. The van der Waals surface area contributed by atoms with E-state index in [1.807, 2.05) is 18.2 Å². The number of benzene rings is 1. The van der Waals surface area contributed by atoms with Crippen molar-refractivity contribution in [3.63, 3.8) is 0 Å². The summed E-state index contributed by atoms with van der Waals surface area (Å²) >= 11 is 1.73. The monoisotopic (exact) mass is 338 g/mol. The molecule has 4 heteroatoms. The molecular weight excluding hydrogens is 316 g/mol. The normalized spacial score (nSPS) is 10.8. The van der Waals surface area contributed by atoms with Crippen LogP contribution in [0.2, 0.25) is 0 Å². The zero-order valence-electron chi connectivity index (χ0n) is 14.1. The molecule has 0 fully saturated rings. The fourth-order valence-corrected chi connectivity index (χ4v) is 3.41. The number of aryl methyl sites for hydroxylation is 2. The Morgan fingerprint density at radius 2 is 1.83 bits per heavy atom. The zero-order valence-corrected chi connectivity index (χ0v) is 14.9. The largest absolute Gasteiger partial charge is 0.487 e. The summed E-state index contributed by atoms with van der Waals surface area (Å²) in [5, 5.41) is 7.78. The Morgan fingerprint density at radius 1 is 1.04 bits per heavy atom. The number of hydrogen-bond acceptors (Lipinski definition) is 4. The molecule has 3 nitrogen and oxygen atoms in total. The molecule has 0 atom stereocenters. The molecule has 0 amide bonds. The number of rotatable bonds is 7. The van der Waals surface area contributed by atoms with Gasteiger partial charge in [-0.3, -0.25) is 4.98 Å². The number of nitrogens with zero attached hydrogens (tertiary/aromatic N) is 1. The highest BCUT2D eigenvalue weighted by atomic mass is 32.1. The molecule has 24 heavy (non-hydrogen) atoms. The lowest BCUT2D eigenvalue weighted by Crippen LogP contribution is -2.12. The molecule has 0 spiro atoms. The molecule has 124 valence electrons. The van der Waals surface area contributed by atoms with Crippen molar-refractivity contribution in [3.05, 3.63) is 81.3 Å². The van der Waals surface area contributed by atoms with Crippen molar-refractivity contribution in [1.29, 1.82) is 0 Å². The van der Waals surface area contributed by atoms with Gasteiger partial charge in [0.2, 0.25) is 0 Å². The van der Waals surface area contributed by atoms with Gasteiger partial charge in [-0.15, -0.1) is 0 Å². The highest BCUT2D eigenvalue weighted by Crippen LogP contribution is 2.25. The van der Waals surface area contributed by atoms with Gasteiger partial charge in [0.15, 0.2) is 0 Å². The van der Waals surface area contributed by atoms with E-state index in [2.05, 4.69) is 53.1 Å². The van der Waals surface area contributed by atoms with Gasteiger partial charge in [-0.2, -0.15) is 11.3 Å². The average molecular weight is 338 g/mol. The average Bonchev–Trinajstić information content (AvgIpc) is 3.08. The number of thiophene rings is 1. The van der Waals surface area contributed by atoms with E-state index in [1.54, 1.807) is 17.5 Å². The standard InChI is InChI=1S/C20H22N2OS/c1-15-9-18(12-21-11-17-6-8-24-14-17)10-16(2)20(15)23-13-19-5-3-4-7-22-19/h3-10,14,21H,11-13H2,1-2H3. The highest BCUT2D eigenvalue weighted by molar-refractivity contribution is 7.07. The van der Waals surface area contributed by atoms with Crippen LogP contribution in [0.5, 0.6) is 5.75 Å². The van der Waals surface area contributed by atoms with Crippen molar-refractivity contribution < 1.29 is 4.74 Å². The second kappa shape index (κ2) is 8.08. The zero-order chi connectivity index (χ0) is 16.8. The fraction of sp³-hybridized carbons (Fsp3) is 0.250. The molecule has 2 heterocycles. The summed E-state index contributed by atoms with van der Waals surface area (Å²) in [6.07, 6.45) is 1.79. The third-order valence-electron chi connectivity index (χ3n) is 3.85. The summed E-state index contributed by atoms with van der Waals surface area (Å²) in [5.74, 6) is 0.960. The number of ether oxygens (including phenoxy) is 1. The van der Waals surface area contributed by atoms with E-state index < -0.39 is 0 Å². The maximum Gasteiger partial charge on any atom is 0.130 e. The molecule has 0 saturated carbocycles. The predicted molar refractivity (Wildman–Crippen MR) is 99.3 cm³/mol. The van der Waals surface area contributed by atoms with Crippen LogP contribution in [-0.4, -0.2) is 4.98 Å². The van der Waals surface area contributed by atoms with E-state index in [0.29, 0.717) is 6.61 Å². The van der Waals surface area contributed by atoms with Gasteiger partial charge in [-0.25, -0.2) is 0 Å². The van der Waals surface area contributed by atoms with Crippen LogP contribution < -0.4 is 10.1 Å². The molecule has 0 radical (unpaired) electrons. The molecule has 0 unspecified atom stereocenters. The number of hydrogen-bond donors (Lipinski definition) is 1. The smallest absolute Gasteiger partial charge is 0.130 e. The van der Waals surface area contributed by atoms with Crippen molar-refractivity contribution in [1.82, 2.24) is 10.3 Å². The van der Waals surface area contributed by atoms with E-state index in [0.717, 1.165) is 24.5 Å². The molecule has 2 aromatic heterocycles. The van der Waals surface area contributed by atoms with Gasteiger partial charge < -0.3 is 10.1 Å². The van der Waals surface area contributed by atoms with Gasteiger partial charge in [0.05, 0.1) is 5.69 Å². The Bertz CT molecular complexity index is 747. The lowest BCUT2D eigenvalue weighted by molar-refractivity contribution is 0.297. The molecular formula is C20H22N2OS. The molecule has 3 rings (SSSR count). The summed E-state index contributed by atoms with van der Waals surface area (Å²) in [6.45, 7) is 6.46. The molecule has 0 aliphatic carbocycles. The van der Waals surface area contributed by atoms with Crippen LogP contribution in [0.1, 0.15) is 27.9 Å². The Labute approximate surface area is 147 Å². The predicted octanol–water partition coefficient (Wildman–Crippen LogP) is 4.63. The van der Waals surface area contributed by atoms with Gasteiger partial charge in [0.1, 0.15) is 12.4 Å². The molecule has 0 bridgehead atoms. The second-order valence-electron chi connectivity index (χ2n) is 5.90. The third-order valence-corrected chi connectivity index (χ3v) is 4.58.